The molecule has 154 valence electrons. The lowest BCUT2D eigenvalue weighted by Gasteiger charge is -2.29. The summed E-state index contributed by atoms with van der Waals surface area (Å²) in [6.07, 6.45) is 0.888. The minimum absolute atomic E-state index is 0.107. The van der Waals surface area contributed by atoms with E-state index < -0.39 is 0 Å². The summed E-state index contributed by atoms with van der Waals surface area (Å²) < 4.78 is 5.43. The Hall–Kier alpha value is -3.39. The molecule has 4 N–H and O–H groups in total. The van der Waals surface area contributed by atoms with Crippen LogP contribution in [0.1, 0.15) is 23.6 Å². The van der Waals surface area contributed by atoms with E-state index in [1.54, 1.807) is 0 Å². The third kappa shape index (κ3) is 4.13. The highest BCUT2D eigenvalue weighted by molar-refractivity contribution is 7.81. The molecule has 7 nitrogen and oxygen atoms in total. The molecule has 0 amide bonds. The van der Waals surface area contributed by atoms with Crippen molar-refractivity contribution in [1.82, 2.24) is 9.97 Å². The smallest absolute Gasteiger partial charge is 0.264 e. The van der Waals surface area contributed by atoms with Crippen LogP contribution in [0, 0.1) is 0 Å². The molecule has 1 aliphatic heterocycles. The number of fused-ring (bicyclic) bond motifs is 1. The Morgan fingerprint density at radius 3 is 2.67 bits per heavy atom. The zero-order valence-electron chi connectivity index (χ0n) is 16.6. The molecule has 0 bridgehead atoms. The maximum atomic E-state index is 12.8. The normalized spacial score (nSPS) is 12.9. The van der Waals surface area contributed by atoms with Gasteiger partial charge in [-0.05, 0) is 48.7 Å². The van der Waals surface area contributed by atoms with Gasteiger partial charge in [-0.25, -0.2) is 0 Å². The topological polar surface area (TPSA) is 96.3 Å². The number of benzene rings is 2. The minimum atomic E-state index is -0.361. The first kappa shape index (κ1) is 19.9. The van der Waals surface area contributed by atoms with Crippen molar-refractivity contribution in [2.75, 3.05) is 29.1 Å². The average Bonchev–Trinajstić information content (AvgIpc) is 2.74. The van der Waals surface area contributed by atoms with Gasteiger partial charge in [-0.1, -0.05) is 36.5 Å². The third-order valence-electron chi connectivity index (χ3n) is 5.02. The molecule has 3 aromatic rings. The van der Waals surface area contributed by atoms with E-state index in [0.29, 0.717) is 19.1 Å². The maximum Gasteiger partial charge on any atom is 0.264 e. The van der Waals surface area contributed by atoms with Gasteiger partial charge in [0.15, 0.2) is 0 Å². The van der Waals surface area contributed by atoms with Gasteiger partial charge in [0.25, 0.3) is 5.56 Å². The van der Waals surface area contributed by atoms with E-state index in [2.05, 4.69) is 27.4 Å². The summed E-state index contributed by atoms with van der Waals surface area (Å²) in [5.74, 6) is 1.33. The lowest BCUT2D eigenvalue weighted by molar-refractivity contribution is 0.340. The zero-order valence-corrected chi connectivity index (χ0v) is 17.5. The van der Waals surface area contributed by atoms with Crippen LogP contribution in [-0.4, -0.2) is 28.1 Å². The molecule has 0 fully saturated rings. The highest BCUT2D eigenvalue weighted by Crippen LogP contribution is 2.23. The van der Waals surface area contributed by atoms with E-state index in [4.69, 9.17) is 22.7 Å². The first-order valence-corrected chi connectivity index (χ1v) is 10.2. The van der Waals surface area contributed by atoms with Crippen molar-refractivity contribution in [1.29, 1.82) is 0 Å². The SMILES string of the molecule is CCOc1ccc(NC(=S)c2c(N)nc(N3CCc4ccccc4C3)[nH]c2=O)cc1. The van der Waals surface area contributed by atoms with Crippen molar-refractivity contribution >= 4 is 34.7 Å². The number of rotatable bonds is 5. The lowest BCUT2D eigenvalue weighted by atomic mass is 10.0. The van der Waals surface area contributed by atoms with Crippen molar-refractivity contribution in [3.8, 4) is 5.75 Å². The van der Waals surface area contributed by atoms with E-state index in [1.807, 2.05) is 48.2 Å². The second-order valence-corrected chi connectivity index (χ2v) is 7.41. The van der Waals surface area contributed by atoms with Gasteiger partial charge in [-0.15, -0.1) is 0 Å². The molecule has 0 unspecified atom stereocenters. The second kappa shape index (κ2) is 8.54. The quantitative estimate of drug-likeness (QED) is 0.545. The number of hydrogen-bond acceptors (Lipinski definition) is 6. The van der Waals surface area contributed by atoms with Crippen LogP contribution < -0.4 is 26.2 Å². The van der Waals surface area contributed by atoms with Gasteiger partial charge >= 0.3 is 0 Å². The molecule has 1 aromatic heterocycles. The molecular weight excluding hydrogens is 398 g/mol. The van der Waals surface area contributed by atoms with Crippen molar-refractivity contribution < 1.29 is 4.74 Å². The average molecular weight is 422 g/mol. The van der Waals surface area contributed by atoms with Gasteiger partial charge in [0.2, 0.25) is 5.95 Å². The van der Waals surface area contributed by atoms with Gasteiger partial charge in [-0.3, -0.25) is 9.78 Å². The number of aromatic amines is 1. The molecule has 30 heavy (non-hydrogen) atoms. The van der Waals surface area contributed by atoms with Crippen LogP contribution in [0.2, 0.25) is 0 Å². The standard InChI is InChI=1S/C22H23N5O2S/c1-2-29-17-9-7-16(8-10-17)24-21(30)18-19(23)25-22(26-20(18)28)27-12-11-14-5-3-4-6-15(14)13-27/h3-10H,2,11-13H2,1H3,(H,24,30)(H3,23,25,26,28). The fourth-order valence-electron chi connectivity index (χ4n) is 3.52. The lowest BCUT2D eigenvalue weighted by Crippen LogP contribution is -2.35. The van der Waals surface area contributed by atoms with E-state index in [9.17, 15) is 4.79 Å². The number of nitrogens with one attached hydrogen (secondary N) is 2. The maximum absolute atomic E-state index is 12.8. The molecule has 0 saturated carbocycles. The second-order valence-electron chi connectivity index (χ2n) is 7.00. The summed E-state index contributed by atoms with van der Waals surface area (Å²) in [7, 11) is 0. The van der Waals surface area contributed by atoms with Crippen LogP contribution in [0.15, 0.2) is 53.3 Å². The zero-order chi connectivity index (χ0) is 21.1. The van der Waals surface area contributed by atoms with Gasteiger partial charge in [0, 0.05) is 18.8 Å². The highest BCUT2D eigenvalue weighted by Gasteiger charge is 2.21. The number of thiocarbonyl (C=S) groups is 1. The summed E-state index contributed by atoms with van der Waals surface area (Å²) in [6.45, 7) is 3.95. The van der Waals surface area contributed by atoms with Crippen LogP contribution >= 0.6 is 12.2 Å². The van der Waals surface area contributed by atoms with Gasteiger partial charge in [0.05, 0.1) is 6.61 Å². The Balaban J connectivity index is 1.53. The Morgan fingerprint density at radius 1 is 1.23 bits per heavy atom. The molecule has 2 heterocycles. The van der Waals surface area contributed by atoms with Crippen LogP contribution in [0.3, 0.4) is 0 Å². The van der Waals surface area contributed by atoms with Crippen molar-refractivity contribution in [2.24, 2.45) is 0 Å². The minimum Gasteiger partial charge on any atom is -0.494 e. The molecule has 4 rings (SSSR count). The van der Waals surface area contributed by atoms with Gasteiger partial charge < -0.3 is 20.7 Å². The third-order valence-corrected chi connectivity index (χ3v) is 5.32. The number of anilines is 3. The first-order valence-electron chi connectivity index (χ1n) is 9.81. The Kier molecular flexibility index (Phi) is 5.67. The molecule has 0 spiro atoms. The van der Waals surface area contributed by atoms with Gasteiger partial charge in [-0.2, -0.15) is 4.98 Å². The number of H-pyrrole nitrogens is 1. The van der Waals surface area contributed by atoms with Crippen LogP contribution in [0.5, 0.6) is 5.75 Å². The number of ether oxygens (including phenoxy) is 1. The monoisotopic (exact) mass is 421 g/mol. The van der Waals surface area contributed by atoms with Crippen LogP contribution in [0.25, 0.3) is 0 Å². The Morgan fingerprint density at radius 2 is 1.97 bits per heavy atom. The summed E-state index contributed by atoms with van der Waals surface area (Å²) in [6, 6.07) is 15.6. The Bertz CT molecular complexity index is 1130. The van der Waals surface area contributed by atoms with Crippen LogP contribution in [-0.2, 0) is 13.0 Å². The summed E-state index contributed by atoms with van der Waals surface area (Å²) in [4.78, 5) is 22.3. The van der Waals surface area contributed by atoms with Crippen molar-refractivity contribution in [3.05, 3.63) is 75.6 Å². The summed E-state index contributed by atoms with van der Waals surface area (Å²) >= 11 is 5.42. The summed E-state index contributed by atoms with van der Waals surface area (Å²) in [5, 5.41) is 3.04. The molecule has 0 radical (unpaired) electrons. The van der Waals surface area contributed by atoms with E-state index >= 15 is 0 Å². The van der Waals surface area contributed by atoms with E-state index in [1.165, 1.54) is 11.1 Å². The molecule has 0 atom stereocenters. The molecule has 0 aliphatic carbocycles. The predicted octanol–water partition coefficient (Wildman–Crippen LogP) is 3.10. The first-order chi connectivity index (χ1) is 14.5. The summed E-state index contributed by atoms with van der Waals surface area (Å²) in [5.41, 5.74) is 9.22. The van der Waals surface area contributed by atoms with E-state index in [-0.39, 0.29) is 21.9 Å². The number of hydrogen-bond donors (Lipinski definition) is 3. The van der Waals surface area contributed by atoms with E-state index in [0.717, 1.165) is 24.4 Å². The fourth-order valence-corrected chi connectivity index (χ4v) is 3.83. The largest absolute Gasteiger partial charge is 0.494 e. The Labute approximate surface area is 179 Å². The molecule has 1 aliphatic rings. The fraction of sp³-hybridized carbons (Fsp3) is 0.227. The number of nitrogens with two attached hydrogens (primary N) is 1. The highest BCUT2D eigenvalue weighted by atomic mass is 32.1. The number of nitrogens with zero attached hydrogens (tertiary/aromatic N) is 2. The molecule has 2 aromatic carbocycles. The predicted molar refractivity (Wildman–Crippen MR) is 123 cm³/mol. The number of aromatic nitrogens is 2. The molecular formula is C22H23N5O2S. The van der Waals surface area contributed by atoms with Crippen molar-refractivity contribution in [3.63, 3.8) is 0 Å². The molecule has 8 heteroatoms. The van der Waals surface area contributed by atoms with Crippen molar-refractivity contribution in [2.45, 2.75) is 19.9 Å². The molecule has 0 saturated heterocycles. The van der Waals surface area contributed by atoms with Crippen LogP contribution in [0.4, 0.5) is 17.5 Å². The van der Waals surface area contributed by atoms with Gasteiger partial charge in [0.1, 0.15) is 22.1 Å². The number of nitrogen functional groups attached to an aromatic ring is 1.